The lowest BCUT2D eigenvalue weighted by Gasteiger charge is -1.90. The fraction of sp³-hybridized carbons (Fsp3) is 0.100. The second-order valence-electron chi connectivity index (χ2n) is 2.33. The van der Waals surface area contributed by atoms with Gasteiger partial charge in [-0.3, -0.25) is 4.99 Å². The number of nitrogens with zero attached hydrogens (tertiary/aromatic N) is 1. The number of benzene rings is 1. The first kappa shape index (κ1) is 8.68. The number of rotatable bonds is 1. The summed E-state index contributed by atoms with van der Waals surface area (Å²) in [6, 6.07) is 9.99. The molecular formula is C10H12N2. The van der Waals surface area contributed by atoms with Crippen LogP contribution in [0, 0.1) is 0 Å². The average molecular weight is 160 g/mol. The van der Waals surface area contributed by atoms with Gasteiger partial charge in [-0.25, -0.2) is 0 Å². The van der Waals surface area contributed by atoms with Gasteiger partial charge in [0.15, 0.2) is 0 Å². The zero-order valence-corrected chi connectivity index (χ0v) is 6.85. The normalized spacial score (nSPS) is 11.4. The number of hydrogen-bond acceptors (Lipinski definition) is 2. The molecule has 0 atom stereocenters. The summed E-state index contributed by atoms with van der Waals surface area (Å²) in [6.45, 7) is 0.640. The Kier molecular flexibility index (Phi) is 3.81. The SMILES string of the molecule is C1=CN=C1.NCc1ccccc1. The van der Waals surface area contributed by atoms with Gasteiger partial charge in [0, 0.05) is 19.0 Å². The van der Waals surface area contributed by atoms with Gasteiger partial charge in [0.2, 0.25) is 0 Å². The van der Waals surface area contributed by atoms with Crippen LogP contribution in [-0.2, 0) is 6.54 Å². The smallest absolute Gasteiger partial charge is 0.0283 e. The van der Waals surface area contributed by atoms with Gasteiger partial charge >= 0.3 is 0 Å². The molecule has 0 saturated carbocycles. The van der Waals surface area contributed by atoms with Crippen molar-refractivity contribution in [2.24, 2.45) is 10.7 Å². The summed E-state index contributed by atoms with van der Waals surface area (Å²) in [7, 11) is 0. The van der Waals surface area contributed by atoms with E-state index in [1.54, 1.807) is 12.4 Å². The van der Waals surface area contributed by atoms with Crippen LogP contribution in [0.3, 0.4) is 0 Å². The first-order chi connectivity index (χ1) is 5.93. The number of aliphatic imine (C=N–C) groups is 1. The van der Waals surface area contributed by atoms with Crippen LogP contribution in [0.2, 0.25) is 0 Å². The summed E-state index contributed by atoms with van der Waals surface area (Å²) in [6.07, 6.45) is 5.39. The van der Waals surface area contributed by atoms with Crippen molar-refractivity contribution in [1.29, 1.82) is 0 Å². The topological polar surface area (TPSA) is 38.4 Å². The lowest BCUT2D eigenvalue weighted by molar-refractivity contribution is 1.07. The van der Waals surface area contributed by atoms with Crippen LogP contribution in [0.5, 0.6) is 0 Å². The van der Waals surface area contributed by atoms with E-state index in [4.69, 9.17) is 5.73 Å². The van der Waals surface area contributed by atoms with Crippen molar-refractivity contribution in [2.75, 3.05) is 0 Å². The third-order valence-electron chi connectivity index (χ3n) is 1.42. The van der Waals surface area contributed by atoms with Gasteiger partial charge in [-0.1, -0.05) is 30.3 Å². The minimum atomic E-state index is 0.640. The van der Waals surface area contributed by atoms with E-state index in [1.165, 1.54) is 5.56 Å². The van der Waals surface area contributed by atoms with Gasteiger partial charge in [0.25, 0.3) is 0 Å². The van der Waals surface area contributed by atoms with Gasteiger partial charge in [-0.2, -0.15) is 0 Å². The zero-order chi connectivity index (χ0) is 8.65. The molecule has 0 amide bonds. The van der Waals surface area contributed by atoms with Crippen molar-refractivity contribution in [1.82, 2.24) is 0 Å². The average Bonchev–Trinajstić information content (AvgIpc) is 2.03. The molecule has 0 spiro atoms. The zero-order valence-electron chi connectivity index (χ0n) is 6.85. The van der Waals surface area contributed by atoms with Crippen LogP contribution in [0.15, 0.2) is 47.6 Å². The highest BCUT2D eigenvalue weighted by Gasteiger charge is 1.80. The summed E-state index contributed by atoms with van der Waals surface area (Å²) >= 11 is 0. The first-order valence-corrected chi connectivity index (χ1v) is 3.86. The van der Waals surface area contributed by atoms with Crippen molar-refractivity contribution in [3.63, 3.8) is 0 Å². The van der Waals surface area contributed by atoms with Gasteiger partial charge in [-0.15, -0.1) is 0 Å². The maximum atomic E-state index is 5.35. The number of allylic oxidation sites excluding steroid dienone is 1. The molecule has 2 nitrogen and oxygen atoms in total. The second-order valence-corrected chi connectivity index (χ2v) is 2.33. The molecule has 0 aliphatic carbocycles. The minimum Gasteiger partial charge on any atom is -0.326 e. The van der Waals surface area contributed by atoms with E-state index in [1.807, 2.05) is 36.4 Å². The van der Waals surface area contributed by atoms with E-state index in [2.05, 4.69) is 4.99 Å². The quantitative estimate of drug-likeness (QED) is 0.667. The van der Waals surface area contributed by atoms with Crippen LogP contribution >= 0.6 is 0 Å². The fourth-order valence-corrected chi connectivity index (χ4v) is 0.700. The summed E-state index contributed by atoms with van der Waals surface area (Å²) in [5.74, 6) is 0. The van der Waals surface area contributed by atoms with Crippen LogP contribution in [0.1, 0.15) is 5.56 Å². The molecule has 0 aromatic heterocycles. The lowest BCUT2D eigenvalue weighted by atomic mass is 10.2. The van der Waals surface area contributed by atoms with E-state index < -0.39 is 0 Å². The maximum Gasteiger partial charge on any atom is 0.0283 e. The van der Waals surface area contributed by atoms with E-state index in [0.29, 0.717) is 6.54 Å². The van der Waals surface area contributed by atoms with Crippen molar-refractivity contribution < 1.29 is 0 Å². The molecule has 12 heavy (non-hydrogen) atoms. The van der Waals surface area contributed by atoms with Gasteiger partial charge in [-0.05, 0) is 11.6 Å². The molecule has 2 N–H and O–H groups in total. The van der Waals surface area contributed by atoms with Crippen LogP contribution < -0.4 is 5.73 Å². The molecule has 2 rings (SSSR count). The van der Waals surface area contributed by atoms with Crippen molar-refractivity contribution in [3.05, 3.63) is 48.2 Å². The summed E-state index contributed by atoms with van der Waals surface area (Å²) in [4.78, 5) is 3.61. The lowest BCUT2D eigenvalue weighted by Crippen LogP contribution is -1.94. The van der Waals surface area contributed by atoms with Crippen molar-refractivity contribution in [2.45, 2.75) is 6.54 Å². The third kappa shape index (κ3) is 3.12. The number of hydrogen-bond donors (Lipinski definition) is 1. The second kappa shape index (κ2) is 5.27. The van der Waals surface area contributed by atoms with E-state index in [0.717, 1.165) is 0 Å². The molecule has 2 heteroatoms. The minimum absolute atomic E-state index is 0.640. The molecule has 1 aliphatic heterocycles. The molecule has 62 valence electrons. The van der Waals surface area contributed by atoms with Gasteiger partial charge in [0.05, 0.1) is 0 Å². The molecule has 0 fully saturated rings. The summed E-state index contributed by atoms with van der Waals surface area (Å²) in [5.41, 5.74) is 6.54. The monoisotopic (exact) mass is 160 g/mol. The predicted octanol–water partition coefficient (Wildman–Crippen LogP) is 1.73. The Morgan fingerprint density at radius 3 is 1.92 bits per heavy atom. The van der Waals surface area contributed by atoms with Crippen LogP contribution in [0.25, 0.3) is 0 Å². The Bertz CT molecular complexity index is 244. The van der Waals surface area contributed by atoms with E-state index in [9.17, 15) is 0 Å². The van der Waals surface area contributed by atoms with E-state index in [-0.39, 0.29) is 0 Å². The first-order valence-electron chi connectivity index (χ1n) is 3.86. The highest BCUT2D eigenvalue weighted by atomic mass is 14.7. The largest absolute Gasteiger partial charge is 0.326 e. The molecule has 1 aromatic carbocycles. The van der Waals surface area contributed by atoms with Gasteiger partial charge < -0.3 is 5.73 Å². The Morgan fingerprint density at radius 2 is 1.67 bits per heavy atom. The fourth-order valence-electron chi connectivity index (χ4n) is 0.700. The Balaban J connectivity index is 0.000000150. The Labute approximate surface area is 72.4 Å². The molecule has 1 heterocycles. The standard InChI is InChI=1S/C7H9N.C3H3N/c8-6-7-4-2-1-3-5-7;1-2-4-3-1/h1-5H,6,8H2;1-3H. The molecule has 0 unspecified atom stereocenters. The van der Waals surface area contributed by atoms with Crippen LogP contribution in [-0.4, -0.2) is 6.21 Å². The summed E-state index contributed by atoms with van der Waals surface area (Å²) in [5, 5.41) is 0. The highest BCUT2D eigenvalue weighted by Crippen LogP contribution is 1.94. The van der Waals surface area contributed by atoms with Crippen LogP contribution in [0.4, 0.5) is 0 Å². The van der Waals surface area contributed by atoms with Gasteiger partial charge in [0.1, 0.15) is 0 Å². The maximum absolute atomic E-state index is 5.35. The molecule has 0 saturated heterocycles. The van der Waals surface area contributed by atoms with Crippen molar-refractivity contribution >= 4 is 6.21 Å². The molecule has 1 aliphatic rings. The molecule has 0 radical (unpaired) electrons. The Morgan fingerprint density at radius 1 is 1.17 bits per heavy atom. The molecule has 1 aromatic rings. The summed E-state index contributed by atoms with van der Waals surface area (Å²) < 4.78 is 0. The van der Waals surface area contributed by atoms with Crippen molar-refractivity contribution in [3.8, 4) is 0 Å². The molecule has 0 bridgehead atoms. The highest BCUT2D eigenvalue weighted by molar-refractivity contribution is 5.76. The third-order valence-corrected chi connectivity index (χ3v) is 1.42. The number of nitrogens with two attached hydrogens (primary N) is 1. The Hall–Kier alpha value is -1.41. The van der Waals surface area contributed by atoms with E-state index >= 15 is 0 Å². The predicted molar refractivity (Wildman–Crippen MR) is 52.0 cm³/mol. The molecular weight excluding hydrogens is 148 g/mol.